The van der Waals surface area contributed by atoms with Crippen molar-refractivity contribution in [3.8, 4) is 0 Å². The highest BCUT2D eigenvalue weighted by molar-refractivity contribution is 8.00. The number of thiophene rings is 1. The minimum atomic E-state index is -0.172. The Morgan fingerprint density at radius 2 is 2.44 bits per heavy atom. The van der Waals surface area contributed by atoms with Gasteiger partial charge >= 0.3 is 5.97 Å². The second-order valence-corrected chi connectivity index (χ2v) is 5.52. The summed E-state index contributed by atoms with van der Waals surface area (Å²) in [7, 11) is 0. The zero-order valence-electron chi connectivity index (χ0n) is 9.51. The number of hydrogen-bond acceptors (Lipinski definition) is 5. The fraction of sp³-hybridized carbons (Fsp3) is 0.545. The molecule has 2 atom stereocenters. The fourth-order valence-corrected chi connectivity index (χ4v) is 3.44. The predicted molar refractivity (Wildman–Crippen MR) is 69.8 cm³/mol. The van der Waals surface area contributed by atoms with Crippen LogP contribution in [-0.2, 0) is 9.53 Å². The molecule has 0 aromatic carbocycles. The molecule has 0 bridgehead atoms. The Labute approximate surface area is 104 Å². The fourth-order valence-electron chi connectivity index (χ4n) is 1.31. The molecule has 0 spiro atoms. The molecule has 1 rings (SSSR count). The first-order chi connectivity index (χ1) is 7.65. The Morgan fingerprint density at radius 1 is 1.69 bits per heavy atom. The van der Waals surface area contributed by atoms with Gasteiger partial charge in [0.1, 0.15) is 0 Å². The van der Waals surface area contributed by atoms with Crippen molar-refractivity contribution >= 4 is 29.1 Å². The van der Waals surface area contributed by atoms with Crippen LogP contribution >= 0.6 is 23.1 Å². The van der Waals surface area contributed by atoms with Gasteiger partial charge in [-0.2, -0.15) is 0 Å². The molecule has 1 aromatic rings. The summed E-state index contributed by atoms with van der Waals surface area (Å²) in [5, 5.41) is 2.19. The van der Waals surface area contributed by atoms with Crippen LogP contribution in [0.1, 0.15) is 24.0 Å². The predicted octanol–water partition coefficient (Wildman–Crippen LogP) is 2.43. The molecular formula is C11H17NO2S2. The van der Waals surface area contributed by atoms with Gasteiger partial charge in [-0.15, -0.1) is 23.1 Å². The van der Waals surface area contributed by atoms with Gasteiger partial charge in [0.2, 0.25) is 0 Å². The van der Waals surface area contributed by atoms with E-state index in [1.165, 1.54) is 4.88 Å². The lowest BCUT2D eigenvalue weighted by Gasteiger charge is -2.18. The molecule has 0 saturated heterocycles. The van der Waals surface area contributed by atoms with Crippen LogP contribution in [0.5, 0.6) is 0 Å². The number of nitrogens with two attached hydrogens (primary N) is 1. The lowest BCUT2D eigenvalue weighted by atomic mass is 10.2. The molecule has 1 heterocycles. The lowest BCUT2D eigenvalue weighted by Crippen LogP contribution is -2.23. The normalized spacial score (nSPS) is 14.4. The zero-order chi connectivity index (χ0) is 12.0. The smallest absolute Gasteiger partial charge is 0.315 e. The van der Waals surface area contributed by atoms with E-state index in [1.54, 1.807) is 23.1 Å². The van der Waals surface area contributed by atoms with E-state index in [4.69, 9.17) is 10.5 Å². The summed E-state index contributed by atoms with van der Waals surface area (Å²) in [6.07, 6.45) is 0. The number of esters is 1. The highest BCUT2D eigenvalue weighted by Gasteiger charge is 2.19. The minimum absolute atomic E-state index is 0.0260. The molecular weight excluding hydrogens is 242 g/mol. The summed E-state index contributed by atoms with van der Waals surface area (Å²) in [6.45, 7) is 4.20. The van der Waals surface area contributed by atoms with Crippen LogP contribution in [0.2, 0.25) is 0 Å². The monoisotopic (exact) mass is 259 g/mol. The standard InChI is InChI=1S/C11H17NO2S2/c1-3-14-10(13)7-16-11(8(2)12)9-5-4-6-15-9/h4-6,8,11H,3,7,12H2,1-2H3. The van der Waals surface area contributed by atoms with E-state index in [1.807, 2.05) is 25.3 Å². The number of rotatable bonds is 6. The summed E-state index contributed by atoms with van der Waals surface area (Å²) < 4.78 is 4.89. The van der Waals surface area contributed by atoms with Gasteiger partial charge in [-0.3, -0.25) is 4.79 Å². The molecule has 16 heavy (non-hydrogen) atoms. The molecule has 2 unspecified atom stereocenters. The Bertz CT molecular complexity index is 312. The molecule has 0 aliphatic rings. The zero-order valence-corrected chi connectivity index (χ0v) is 11.1. The van der Waals surface area contributed by atoms with Gasteiger partial charge in [0.05, 0.1) is 17.6 Å². The van der Waals surface area contributed by atoms with Gasteiger partial charge in [0, 0.05) is 10.9 Å². The van der Waals surface area contributed by atoms with Crippen molar-refractivity contribution in [2.24, 2.45) is 5.73 Å². The Balaban J connectivity index is 2.50. The van der Waals surface area contributed by atoms with Crippen molar-refractivity contribution in [3.63, 3.8) is 0 Å². The van der Waals surface area contributed by atoms with Crippen LogP contribution in [0.4, 0.5) is 0 Å². The Kier molecular flexibility index (Phi) is 5.87. The molecule has 0 aliphatic heterocycles. The number of thioether (sulfide) groups is 1. The first kappa shape index (κ1) is 13.5. The Morgan fingerprint density at radius 3 is 2.94 bits per heavy atom. The average Bonchev–Trinajstić information content (AvgIpc) is 2.71. The van der Waals surface area contributed by atoms with E-state index < -0.39 is 0 Å². The molecule has 90 valence electrons. The molecule has 0 radical (unpaired) electrons. The molecule has 3 nitrogen and oxygen atoms in total. The van der Waals surface area contributed by atoms with Crippen molar-refractivity contribution in [3.05, 3.63) is 22.4 Å². The second-order valence-electron chi connectivity index (χ2n) is 3.41. The maximum atomic E-state index is 11.3. The summed E-state index contributed by atoms with van der Waals surface area (Å²) >= 11 is 3.22. The van der Waals surface area contributed by atoms with Crippen LogP contribution in [0.25, 0.3) is 0 Å². The maximum absolute atomic E-state index is 11.3. The van der Waals surface area contributed by atoms with E-state index in [0.717, 1.165) is 0 Å². The third-order valence-corrected chi connectivity index (χ3v) is 4.54. The Hall–Kier alpha value is -0.520. The average molecular weight is 259 g/mol. The van der Waals surface area contributed by atoms with E-state index in [2.05, 4.69) is 6.07 Å². The first-order valence-electron chi connectivity index (χ1n) is 5.21. The van der Waals surface area contributed by atoms with E-state index >= 15 is 0 Å². The second kappa shape index (κ2) is 6.93. The number of hydrogen-bond donors (Lipinski definition) is 1. The van der Waals surface area contributed by atoms with Crippen LogP contribution in [0.15, 0.2) is 17.5 Å². The van der Waals surface area contributed by atoms with E-state index in [-0.39, 0.29) is 17.3 Å². The minimum Gasteiger partial charge on any atom is -0.465 e. The molecule has 0 saturated carbocycles. The SMILES string of the molecule is CCOC(=O)CSC(c1cccs1)C(C)N. The summed E-state index contributed by atoms with van der Waals surface area (Å²) in [4.78, 5) is 12.5. The summed E-state index contributed by atoms with van der Waals surface area (Å²) in [6, 6.07) is 4.08. The number of carbonyl (C=O) groups excluding carboxylic acids is 1. The first-order valence-corrected chi connectivity index (χ1v) is 7.14. The molecule has 5 heteroatoms. The quantitative estimate of drug-likeness (QED) is 0.797. The van der Waals surface area contributed by atoms with Crippen LogP contribution in [-0.4, -0.2) is 24.4 Å². The van der Waals surface area contributed by atoms with Crippen molar-refractivity contribution in [1.82, 2.24) is 0 Å². The van der Waals surface area contributed by atoms with Gasteiger partial charge in [-0.1, -0.05) is 6.07 Å². The third kappa shape index (κ3) is 4.15. The molecule has 0 amide bonds. The highest BCUT2D eigenvalue weighted by atomic mass is 32.2. The van der Waals surface area contributed by atoms with Gasteiger partial charge in [-0.25, -0.2) is 0 Å². The van der Waals surface area contributed by atoms with Crippen LogP contribution in [0, 0.1) is 0 Å². The number of ether oxygens (including phenoxy) is 1. The van der Waals surface area contributed by atoms with Gasteiger partial charge in [0.25, 0.3) is 0 Å². The van der Waals surface area contributed by atoms with Crippen molar-refractivity contribution in [2.45, 2.75) is 25.1 Å². The van der Waals surface area contributed by atoms with Gasteiger partial charge in [-0.05, 0) is 25.3 Å². The molecule has 0 fully saturated rings. The molecule has 2 N–H and O–H groups in total. The van der Waals surface area contributed by atoms with Gasteiger partial charge < -0.3 is 10.5 Å². The van der Waals surface area contributed by atoms with Crippen LogP contribution < -0.4 is 5.73 Å². The topological polar surface area (TPSA) is 52.3 Å². The van der Waals surface area contributed by atoms with E-state index in [9.17, 15) is 4.79 Å². The van der Waals surface area contributed by atoms with Crippen molar-refractivity contribution in [1.29, 1.82) is 0 Å². The van der Waals surface area contributed by atoms with Crippen molar-refractivity contribution in [2.75, 3.05) is 12.4 Å². The molecule has 1 aromatic heterocycles. The highest BCUT2D eigenvalue weighted by Crippen LogP contribution is 2.34. The van der Waals surface area contributed by atoms with Gasteiger partial charge in [0.15, 0.2) is 0 Å². The van der Waals surface area contributed by atoms with E-state index in [0.29, 0.717) is 12.4 Å². The third-order valence-electron chi connectivity index (χ3n) is 1.99. The number of carbonyl (C=O) groups is 1. The summed E-state index contributed by atoms with van der Waals surface area (Å²) in [5.74, 6) is 0.188. The van der Waals surface area contributed by atoms with Crippen LogP contribution in [0.3, 0.4) is 0 Å². The lowest BCUT2D eigenvalue weighted by molar-refractivity contribution is -0.139. The molecule has 0 aliphatic carbocycles. The van der Waals surface area contributed by atoms with Crippen molar-refractivity contribution < 1.29 is 9.53 Å². The largest absolute Gasteiger partial charge is 0.465 e. The summed E-state index contributed by atoms with van der Waals surface area (Å²) in [5.41, 5.74) is 5.92. The maximum Gasteiger partial charge on any atom is 0.315 e.